The molecule has 94 valence electrons. The molecule has 0 fully saturated rings. The van der Waals surface area contributed by atoms with Gasteiger partial charge < -0.3 is 0 Å². The van der Waals surface area contributed by atoms with Crippen molar-refractivity contribution in [2.24, 2.45) is 12.1 Å². The minimum Gasteiger partial charge on any atom is -0.271 e. The minimum absolute atomic E-state index is 0.331. The lowest BCUT2D eigenvalue weighted by atomic mass is 10.3. The Bertz CT molecular complexity index is 588. The normalized spacial score (nSPS) is 11.1. The van der Waals surface area contributed by atoms with E-state index < -0.39 is 0 Å². The van der Waals surface area contributed by atoms with Crippen molar-refractivity contribution in [1.29, 1.82) is 0 Å². The van der Waals surface area contributed by atoms with E-state index in [1.165, 1.54) is 0 Å². The van der Waals surface area contributed by atoms with Crippen LogP contribution in [-0.2, 0) is 7.05 Å². The molecule has 0 unspecified atom stereocenters. The van der Waals surface area contributed by atoms with Crippen LogP contribution in [0.1, 0.15) is 21.7 Å². The van der Waals surface area contributed by atoms with Crippen molar-refractivity contribution in [2.75, 3.05) is 0 Å². The molecular weight excluding hydrogens is 316 g/mol. The molecule has 0 aliphatic heterocycles. The highest BCUT2D eigenvalue weighted by molar-refractivity contribution is 9.10. The van der Waals surface area contributed by atoms with Gasteiger partial charge in [-0.1, -0.05) is 0 Å². The van der Waals surface area contributed by atoms with Crippen LogP contribution in [0.25, 0.3) is 0 Å². The summed E-state index contributed by atoms with van der Waals surface area (Å²) in [6.07, 6.45) is 1.60. The number of hydrogen-bond donors (Lipinski definition) is 1. The number of carbonyl (C=O) groups is 1. The van der Waals surface area contributed by atoms with Gasteiger partial charge in [0, 0.05) is 12.6 Å². The zero-order valence-corrected chi connectivity index (χ0v) is 12.2. The molecule has 1 N–H and O–H groups in total. The standard InChI is InChI=1S/C11H11BrN4OS/c1-7-9(12)10(15-16(7)2)11(17)14-13-5-8-3-4-18-6-8/h3-6H,1-2H3,(H,14,17)/b13-5-. The van der Waals surface area contributed by atoms with Gasteiger partial charge in [0.1, 0.15) is 0 Å². The first-order valence-corrected chi connectivity index (χ1v) is 6.88. The smallest absolute Gasteiger partial charge is 0.271 e. The number of nitrogens with one attached hydrogen (secondary N) is 1. The van der Waals surface area contributed by atoms with Gasteiger partial charge in [-0.2, -0.15) is 21.5 Å². The number of amides is 1. The van der Waals surface area contributed by atoms with Crippen LogP contribution < -0.4 is 5.43 Å². The van der Waals surface area contributed by atoms with Crippen molar-refractivity contribution in [3.05, 3.63) is 38.3 Å². The van der Waals surface area contributed by atoms with E-state index in [0.717, 1.165) is 11.3 Å². The fourth-order valence-electron chi connectivity index (χ4n) is 1.29. The maximum Gasteiger partial charge on any atom is 0.293 e. The van der Waals surface area contributed by atoms with Crippen LogP contribution >= 0.6 is 27.3 Å². The lowest BCUT2D eigenvalue weighted by molar-refractivity contribution is 0.0948. The monoisotopic (exact) mass is 326 g/mol. The number of nitrogens with zero attached hydrogens (tertiary/aromatic N) is 3. The third-order valence-corrected chi connectivity index (χ3v) is 4.05. The molecule has 0 aliphatic carbocycles. The molecule has 0 aromatic carbocycles. The van der Waals surface area contributed by atoms with Gasteiger partial charge in [0.2, 0.25) is 0 Å². The lowest BCUT2D eigenvalue weighted by Crippen LogP contribution is -2.18. The molecule has 18 heavy (non-hydrogen) atoms. The van der Waals surface area contributed by atoms with Crippen LogP contribution in [0.2, 0.25) is 0 Å². The van der Waals surface area contributed by atoms with Crippen LogP contribution in [0.3, 0.4) is 0 Å². The summed E-state index contributed by atoms with van der Waals surface area (Å²) >= 11 is 4.91. The van der Waals surface area contributed by atoms with E-state index in [-0.39, 0.29) is 5.91 Å². The van der Waals surface area contributed by atoms with E-state index in [2.05, 4.69) is 31.6 Å². The second-order valence-corrected chi connectivity index (χ2v) is 5.20. The number of hydrazone groups is 1. The molecule has 0 radical (unpaired) electrons. The summed E-state index contributed by atoms with van der Waals surface area (Å²) in [5.74, 6) is -0.336. The molecule has 0 spiro atoms. The van der Waals surface area contributed by atoms with Gasteiger partial charge in [-0.05, 0) is 39.7 Å². The average molecular weight is 327 g/mol. The Kier molecular flexibility index (Phi) is 3.93. The van der Waals surface area contributed by atoms with Gasteiger partial charge >= 0.3 is 0 Å². The highest BCUT2D eigenvalue weighted by Crippen LogP contribution is 2.19. The van der Waals surface area contributed by atoms with Crippen LogP contribution in [-0.4, -0.2) is 21.9 Å². The lowest BCUT2D eigenvalue weighted by Gasteiger charge is -1.95. The van der Waals surface area contributed by atoms with E-state index in [1.54, 1.807) is 29.3 Å². The maximum atomic E-state index is 11.8. The van der Waals surface area contributed by atoms with E-state index in [4.69, 9.17) is 0 Å². The molecule has 7 heteroatoms. The predicted molar refractivity (Wildman–Crippen MR) is 75.0 cm³/mol. The Labute approximate surface area is 117 Å². The Morgan fingerprint density at radius 2 is 2.44 bits per heavy atom. The first-order valence-electron chi connectivity index (χ1n) is 5.14. The second kappa shape index (κ2) is 5.45. The number of halogens is 1. The SMILES string of the molecule is Cc1c(Br)c(C(=O)N/N=C\c2ccsc2)nn1C. The number of rotatable bonds is 3. The molecule has 2 aromatic rings. The van der Waals surface area contributed by atoms with E-state index in [1.807, 2.05) is 23.8 Å². The highest BCUT2D eigenvalue weighted by atomic mass is 79.9. The number of aromatic nitrogens is 2. The third-order valence-electron chi connectivity index (χ3n) is 2.40. The highest BCUT2D eigenvalue weighted by Gasteiger charge is 2.16. The Morgan fingerprint density at radius 1 is 1.67 bits per heavy atom. The molecule has 1 amide bonds. The predicted octanol–water partition coefficient (Wildman–Crippen LogP) is 2.32. The zero-order chi connectivity index (χ0) is 13.1. The molecule has 0 aliphatic rings. The third kappa shape index (κ3) is 2.68. The van der Waals surface area contributed by atoms with Gasteiger partial charge in [0.05, 0.1) is 16.4 Å². The summed E-state index contributed by atoms with van der Waals surface area (Å²) in [6, 6.07) is 1.92. The van der Waals surface area contributed by atoms with Gasteiger partial charge in [-0.15, -0.1) is 0 Å². The van der Waals surface area contributed by atoms with Crippen molar-refractivity contribution in [1.82, 2.24) is 15.2 Å². The van der Waals surface area contributed by atoms with Crippen LogP contribution in [0, 0.1) is 6.92 Å². The molecule has 2 aromatic heterocycles. The fraction of sp³-hybridized carbons (Fsp3) is 0.182. The molecule has 0 saturated heterocycles. The van der Waals surface area contributed by atoms with Crippen molar-refractivity contribution < 1.29 is 4.79 Å². The summed E-state index contributed by atoms with van der Waals surface area (Å²) in [5, 5.41) is 11.9. The summed E-state index contributed by atoms with van der Waals surface area (Å²) in [7, 11) is 1.78. The number of carbonyl (C=O) groups excluding carboxylic acids is 1. The van der Waals surface area contributed by atoms with E-state index in [0.29, 0.717) is 10.2 Å². The van der Waals surface area contributed by atoms with Crippen LogP contribution in [0.5, 0.6) is 0 Å². The Morgan fingerprint density at radius 3 is 3.00 bits per heavy atom. The summed E-state index contributed by atoms with van der Waals surface area (Å²) in [4.78, 5) is 11.8. The van der Waals surface area contributed by atoms with E-state index in [9.17, 15) is 4.79 Å². The molecule has 5 nitrogen and oxygen atoms in total. The number of aryl methyl sites for hydroxylation is 1. The van der Waals surface area contributed by atoms with Crippen molar-refractivity contribution in [3.8, 4) is 0 Å². The van der Waals surface area contributed by atoms with Crippen molar-refractivity contribution in [3.63, 3.8) is 0 Å². The molecule has 0 bridgehead atoms. The summed E-state index contributed by atoms with van der Waals surface area (Å²) in [6.45, 7) is 1.88. The Balaban J connectivity index is 2.06. The molecular formula is C11H11BrN4OS. The molecule has 0 atom stereocenters. The quantitative estimate of drug-likeness (QED) is 0.695. The number of hydrogen-bond acceptors (Lipinski definition) is 4. The minimum atomic E-state index is -0.336. The molecule has 2 heterocycles. The molecule has 0 saturated carbocycles. The summed E-state index contributed by atoms with van der Waals surface area (Å²) < 4.78 is 2.33. The largest absolute Gasteiger partial charge is 0.293 e. The molecule has 2 rings (SSSR count). The fourth-order valence-corrected chi connectivity index (χ4v) is 2.42. The second-order valence-electron chi connectivity index (χ2n) is 3.63. The van der Waals surface area contributed by atoms with Crippen LogP contribution in [0.4, 0.5) is 0 Å². The van der Waals surface area contributed by atoms with Gasteiger partial charge in [-0.25, -0.2) is 5.43 Å². The number of thiophene rings is 1. The summed E-state index contributed by atoms with van der Waals surface area (Å²) in [5.41, 5.74) is 4.62. The topological polar surface area (TPSA) is 59.3 Å². The average Bonchev–Trinajstić information content (AvgIpc) is 2.94. The first-order chi connectivity index (χ1) is 8.59. The van der Waals surface area contributed by atoms with Crippen molar-refractivity contribution >= 4 is 39.4 Å². The first kappa shape index (κ1) is 13.0. The maximum absolute atomic E-state index is 11.8. The van der Waals surface area contributed by atoms with Gasteiger partial charge in [0.15, 0.2) is 5.69 Å². The zero-order valence-electron chi connectivity index (χ0n) is 9.85. The van der Waals surface area contributed by atoms with Crippen LogP contribution in [0.15, 0.2) is 26.4 Å². The van der Waals surface area contributed by atoms with Crippen molar-refractivity contribution in [2.45, 2.75) is 6.92 Å². The van der Waals surface area contributed by atoms with Gasteiger partial charge in [-0.3, -0.25) is 9.48 Å². The van der Waals surface area contributed by atoms with Gasteiger partial charge in [0.25, 0.3) is 5.91 Å². The van der Waals surface area contributed by atoms with E-state index >= 15 is 0 Å². The Hall–Kier alpha value is -1.47.